The highest BCUT2D eigenvalue weighted by Gasteiger charge is 2.49. The summed E-state index contributed by atoms with van der Waals surface area (Å²) in [7, 11) is 0. The van der Waals surface area contributed by atoms with Crippen LogP contribution in [0.1, 0.15) is 43.9 Å². The Labute approximate surface area is 148 Å². The van der Waals surface area contributed by atoms with Crippen molar-refractivity contribution in [1.29, 1.82) is 0 Å². The lowest BCUT2D eigenvalue weighted by Crippen LogP contribution is -2.51. The molecule has 4 nitrogen and oxygen atoms in total. The molecule has 3 aliphatic rings. The zero-order chi connectivity index (χ0) is 16.6. The van der Waals surface area contributed by atoms with Crippen LogP contribution in [-0.4, -0.2) is 53.6 Å². The Balaban J connectivity index is 1.35. The van der Waals surface area contributed by atoms with Crippen molar-refractivity contribution in [1.82, 2.24) is 9.80 Å². The summed E-state index contributed by atoms with van der Waals surface area (Å²) in [6.45, 7) is 7.36. The fourth-order valence-corrected chi connectivity index (χ4v) is 5.39. The average molecular weight is 349 g/mol. The quantitative estimate of drug-likeness (QED) is 0.841. The summed E-state index contributed by atoms with van der Waals surface area (Å²) in [6.07, 6.45) is 5.13. The van der Waals surface area contributed by atoms with Crippen molar-refractivity contribution >= 4 is 17.2 Å². The predicted octanol–water partition coefficient (Wildman–Crippen LogP) is 3.13. The van der Waals surface area contributed by atoms with E-state index in [1.807, 2.05) is 16.2 Å². The molecule has 1 amide bonds. The van der Waals surface area contributed by atoms with Gasteiger partial charge in [-0.05, 0) is 49.5 Å². The lowest BCUT2D eigenvalue weighted by atomic mass is 9.80. The molecule has 0 unspecified atom stereocenters. The molecule has 0 bridgehead atoms. The Morgan fingerprint density at radius 3 is 2.88 bits per heavy atom. The van der Waals surface area contributed by atoms with Crippen LogP contribution < -0.4 is 0 Å². The van der Waals surface area contributed by atoms with E-state index in [2.05, 4.69) is 29.3 Å². The van der Waals surface area contributed by atoms with Gasteiger partial charge in [0.05, 0.1) is 5.60 Å². The minimum Gasteiger partial charge on any atom is -0.362 e. The minimum absolute atomic E-state index is 0.0635. The molecule has 24 heavy (non-hydrogen) atoms. The maximum atomic E-state index is 12.6. The minimum atomic E-state index is -0.186. The van der Waals surface area contributed by atoms with E-state index in [1.165, 1.54) is 4.88 Å². The second-order valence-corrected chi connectivity index (χ2v) is 8.74. The maximum Gasteiger partial charge on any atom is 0.251 e. The van der Waals surface area contributed by atoms with Gasteiger partial charge in [-0.2, -0.15) is 0 Å². The maximum absolute atomic E-state index is 12.6. The van der Waals surface area contributed by atoms with Gasteiger partial charge in [-0.3, -0.25) is 9.69 Å². The number of amides is 1. The number of hydrogen-bond acceptors (Lipinski definition) is 4. The van der Waals surface area contributed by atoms with Crippen molar-refractivity contribution in [3.05, 3.63) is 22.4 Å². The number of carbonyl (C=O) groups is 1. The Kier molecular flexibility index (Phi) is 4.67. The van der Waals surface area contributed by atoms with Gasteiger partial charge in [-0.25, -0.2) is 0 Å². The molecule has 1 spiro atoms. The summed E-state index contributed by atoms with van der Waals surface area (Å²) >= 11 is 1.84. The number of hydrogen-bond donors (Lipinski definition) is 0. The van der Waals surface area contributed by atoms with Crippen LogP contribution in [0.3, 0.4) is 0 Å². The summed E-state index contributed by atoms with van der Waals surface area (Å²) in [5, 5.41) is 2.15. The molecule has 132 valence electrons. The Morgan fingerprint density at radius 2 is 2.17 bits per heavy atom. The van der Waals surface area contributed by atoms with E-state index >= 15 is 0 Å². The molecule has 3 fully saturated rings. The standard InChI is InChI=1S/C19H28N2O2S/c1-15-13-20(14-16-5-4-12-24-16)11-8-19(15)7-6-17(23-19)18(22)21-9-2-3-10-21/h4-5,12,15,17H,2-3,6-11,13-14H2,1H3/t15-,17+,19+/m1/s1. The molecule has 5 heteroatoms. The van der Waals surface area contributed by atoms with Crippen molar-refractivity contribution in [3.63, 3.8) is 0 Å². The fraction of sp³-hybridized carbons (Fsp3) is 0.737. The molecule has 3 atom stereocenters. The molecule has 1 aromatic heterocycles. The van der Waals surface area contributed by atoms with Gasteiger partial charge in [0, 0.05) is 37.6 Å². The molecule has 0 N–H and O–H groups in total. The number of rotatable bonds is 3. The molecule has 0 radical (unpaired) electrons. The van der Waals surface area contributed by atoms with Gasteiger partial charge in [0.15, 0.2) is 0 Å². The van der Waals surface area contributed by atoms with E-state index in [0.29, 0.717) is 5.92 Å². The number of piperidine rings is 1. The van der Waals surface area contributed by atoms with Gasteiger partial charge < -0.3 is 9.64 Å². The third-order valence-corrected chi connectivity index (χ3v) is 7.00. The van der Waals surface area contributed by atoms with Crippen LogP contribution >= 0.6 is 11.3 Å². The van der Waals surface area contributed by atoms with E-state index < -0.39 is 0 Å². The van der Waals surface area contributed by atoms with Gasteiger partial charge in [-0.1, -0.05) is 13.0 Å². The first-order valence-corrected chi connectivity index (χ1v) is 10.3. The molecule has 4 heterocycles. The molecule has 1 aromatic rings. The van der Waals surface area contributed by atoms with Crippen LogP contribution in [0.4, 0.5) is 0 Å². The van der Waals surface area contributed by atoms with Crippen LogP contribution in [0, 0.1) is 5.92 Å². The SMILES string of the molecule is C[C@@H]1CN(Cc2cccs2)CC[C@@]12CC[C@@H](C(=O)N1CCCC1)O2. The number of thiophene rings is 1. The van der Waals surface area contributed by atoms with Crippen molar-refractivity contribution in [2.75, 3.05) is 26.2 Å². The average Bonchev–Trinajstić information content (AvgIpc) is 3.32. The molecular formula is C19H28N2O2S. The van der Waals surface area contributed by atoms with E-state index in [0.717, 1.165) is 64.8 Å². The van der Waals surface area contributed by atoms with Crippen LogP contribution in [-0.2, 0) is 16.1 Å². The number of ether oxygens (including phenoxy) is 1. The molecule has 3 saturated heterocycles. The fourth-order valence-electron chi connectivity index (χ4n) is 4.64. The molecule has 4 rings (SSSR count). The molecular weight excluding hydrogens is 320 g/mol. The Bertz CT molecular complexity index is 570. The van der Waals surface area contributed by atoms with Crippen molar-refractivity contribution in [3.8, 4) is 0 Å². The number of carbonyl (C=O) groups excluding carboxylic acids is 1. The van der Waals surface area contributed by atoms with Crippen LogP contribution in [0.15, 0.2) is 17.5 Å². The molecule has 0 saturated carbocycles. The van der Waals surface area contributed by atoms with Gasteiger partial charge in [0.2, 0.25) is 0 Å². The summed E-state index contributed by atoms with van der Waals surface area (Å²) in [5.41, 5.74) is -0.0635. The number of nitrogens with zero attached hydrogens (tertiary/aromatic N) is 2. The van der Waals surface area contributed by atoms with Gasteiger partial charge in [0.1, 0.15) is 6.10 Å². The van der Waals surface area contributed by atoms with Crippen molar-refractivity contribution in [2.24, 2.45) is 5.92 Å². The van der Waals surface area contributed by atoms with E-state index in [1.54, 1.807) is 0 Å². The summed E-state index contributed by atoms with van der Waals surface area (Å²) in [4.78, 5) is 18.6. The van der Waals surface area contributed by atoms with Crippen LogP contribution in [0.2, 0.25) is 0 Å². The smallest absolute Gasteiger partial charge is 0.251 e. The van der Waals surface area contributed by atoms with E-state index in [4.69, 9.17) is 4.74 Å². The summed E-state index contributed by atoms with van der Waals surface area (Å²) < 4.78 is 6.44. The van der Waals surface area contributed by atoms with Crippen LogP contribution in [0.25, 0.3) is 0 Å². The zero-order valence-electron chi connectivity index (χ0n) is 14.6. The van der Waals surface area contributed by atoms with Crippen LogP contribution in [0.5, 0.6) is 0 Å². The predicted molar refractivity (Wildman–Crippen MR) is 96.0 cm³/mol. The molecule has 3 aliphatic heterocycles. The highest BCUT2D eigenvalue weighted by molar-refractivity contribution is 7.09. The third kappa shape index (κ3) is 3.14. The third-order valence-electron chi connectivity index (χ3n) is 6.14. The summed E-state index contributed by atoms with van der Waals surface area (Å²) in [5.74, 6) is 0.736. The molecule has 0 aromatic carbocycles. The van der Waals surface area contributed by atoms with E-state index in [9.17, 15) is 4.79 Å². The van der Waals surface area contributed by atoms with E-state index in [-0.39, 0.29) is 17.6 Å². The molecule has 0 aliphatic carbocycles. The monoisotopic (exact) mass is 348 g/mol. The number of likely N-dealkylation sites (tertiary alicyclic amines) is 2. The van der Waals surface area contributed by atoms with Crippen molar-refractivity contribution in [2.45, 2.75) is 57.3 Å². The van der Waals surface area contributed by atoms with Gasteiger partial charge >= 0.3 is 0 Å². The second kappa shape index (κ2) is 6.77. The first-order valence-electron chi connectivity index (χ1n) is 9.38. The normalized spacial score (nSPS) is 34.3. The second-order valence-electron chi connectivity index (χ2n) is 7.71. The van der Waals surface area contributed by atoms with Crippen molar-refractivity contribution < 1.29 is 9.53 Å². The van der Waals surface area contributed by atoms with Gasteiger partial charge in [0.25, 0.3) is 5.91 Å². The highest BCUT2D eigenvalue weighted by atomic mass is 32.1. The highest BCUT2D eigenvalue weighted by Crippen LogP contribution is 2.43. The zero-order valence-corrected chi connectivity index (χ0v) is 15.4. The summed E-state index contributed by atoms with van der Waals surface area (Å²) in [6, 6.07) is 4.35. The first kappa shape index (κ1) is 16.6. The topological polar surface area (TPSA) is 32.8 Å². The Hall–Kier alpha value is -0.910. The lowest BCUT2D eigenvalue weighted by Gasteiger charge is -2.44. The largest absolute Gasteiger partial charge is 0.362 e. The van der Waals surface area contributed by atoms with Gasteiger partial charge in [-0.15, -0.1) is 11.3 Å². The first-order chi connectivity index (χ1) is 11.7. The lowest BCUT2D eigenvalue weighted by molar-refractivity contribution is -0.156. The Morgan fingerprint density at radius 1 is 1.33 bits per heavy atom.